The van der Waals surface area contributed by atoms with Crippen LogP contribution in [0.4, 0.5) is 5.69 Å². The van der Waals surface area contributed by atoms with Crippen molar-refractivity contribution < 1.29 is 0 Å². The molecule has 0 unspecified atom stereocenters. The van der Waals surface area contributed by atoms with Crippen LogP contribution in [-0.2, 0) is 13.1 Å². The van der Waals surface area contributed by atoms with Crippen molar-refractivity contribution in [1.29, 1.82) is 0 Å². The molecule has 0 N–H and O–H groups in total. The van der Waals surface area contributed by atoms with Crippen LogP contribution in [0, 0.1) is 6.92 Å². The van der Waals surface area contributed by atoms with E-state index in [-0.39, 0.29) is 0 Å². The molecule has 4 rings (SSSR count). The Labute approximate surface area is 153 Å². The zero-order chi connectivity index (χ0) is 17.9. The first-order valence-corrected chi connectivity index (χ1v) is 8.81. The average Bonchev–Trinajstić information content (AvgIpc) is 3.08. The Kier molecular flexibility index (Phi) is 4.40. The van der Waals surface area contributed by atoms with E-state index in [9.17, 15) is 0 Å². The first kappa shape index (κ1) is 16.3. The zero-order valence-corrected chi connectivity index (χ0v) is 15.1. The molecule has 0 bridgehead atoms. The second-order valence-corrected chi connectivity index (χ2v) is 6.66. The summed E-state index contributed by atoms with van der Waals surface area (Å²) in [6.45, 7) is 3.69. The van der Waals surface area contributed by atoms with Gasteiger partial charge in [0.2, 0.25) is 0 Å². The number of rotatable bonds is 5. The number of nitrogens with zero attached hydrogens (tertiary/aromatic N) is 4. The maximum Gasteiger partial charge on any atom is 0.128 e. The lowest BCUT2D eigenvalue weighted by Gasteiger charge is -2.21. The molecule has 0 amide bonds. The number of hydrogen-bond acceptors (Lipinski definition) is 3. The van der Waals surface area contributed by atoms with E-state index >= 15 is 0 Å². The summed E-state index contributed by atoms with van der Waals surface area (Å²) < 4.78 is 2.21. The molecule has 0 aliphatic rings. The highest BCUT2D eigenvalue weighted by Gasteiger charge is 2.11. The molecule has 4 heteroatoms. The maximum absolute atomic E-state index is 4.58. The number of anilines is 1. The third kappa shape index (κ3) is 3.31. The summed E-state index contributed by atoms with van der Waals surface area (Å²) in [4.78, 5) is 11.3. The largest absolute Gasteiger partial charge is 0.367 e. The van der Waals surface area contributed by atoms with Gasteiger partial charge in [-0.05, 0) is 30.7 Å². The third-order valence-corrected chi connectivity index (χ3v) is 4.66. The monoisotopic (exact) mass is 342 g/mol. The fourth-order valence-corrected chi connectivity index (χ4v) is 3.29. The first-order valence-electron chi connectivity index (χ1n) is 8.81. The van der Waals surface area contributed by atoms with Crippen molar-refractivity contribution in [2.24, 2.45) is 0 Å². The van der Waals surface area contributed by atoms with Gasteiger partial charge in [-0.1, -0.05) is 42.0 Å². The predicted molar refractivity (Wildman–Crippen MR) is 106 cm³/mol. The highest BCUT2D eigenvalue weighted by Crippen LogP contribution is 2.26. The molecule has 0 atom stereocenters. The van der Waals surface area contributed by atoms with Crippen LogP contribution in [0.15, 0.2) is 73.2 Å². The Balaban J connectivity index is 1.61. The molecule has 26 heavy (non-hydrogen) atoms. The second-order valence-electron chi connectivity index (χ2n) is 6.66. The zero-order valence-electron chi connectivity index (χ0n) is 15.1. The van der Waals surface area contributed by atoms with Gasteiger partial charge in [0.1, 0.15) is 5.82 Å². The van der Waals surface area contributed by atoms with Crippen molar-refractivity contribution in [1.82, 2.24) is 14.5 Å². The van der Waals surface area contributed by atoms with Gasteiger partial charge < -0.3 is 9.47 Å². The molecule has 4 aromatic rings. The fourth-order valence-electron chi connectivity index (χ4n) is 3.29. The number of aromatic nitrogens is 3. The Morgan fingerprint density at radius 2 is 1.81 bits per heavy atom. The predicted octanol–water partition coefficient (Wildman–Crippen LogP) is 4.42. The van der Waals surface area contributed by atoms with Crippen LogP contribution >= 0.6 is 0 Å². The lowest BCUT2D eigenvalue weighted by Crippen LogP contribution is -2.20. The van der Waals surface area contributed by atoms with Crippen LogP contribution in [0.5, 0.6) is 0 Å². The van der Waals surface area contributed by atoms with Gasteiger partial charge in [-0.2, -0.15) is 0 Å². The van der Waals surface area contributed by atoms with Crippen LogP contribution in [0.1, 0.15) is 17.0 Å². The van der Waals surface area contributed by atoms with Gasteiger partial charge in [0.05, 0.1) is 12.1 Å². The normalized spacial score (nSPS) is 11.0. The minimum Gasteiger partial charge on any atom is -0.367 e. The van der Waals surface area contributed by atoms with Crippen LogP contribution in [0.2, 0.25) is 0 Å². The maximum atomic E-state index is 4.58. The molecule has 2 heterocycles. The minimum atomic E-state index is 0.743. The van der Waals surface area contributed by atoms with E-state index in [1.165, 1.54) is 22.2 Å². The second kappa shape index (κ2) is 7.00. The van der Waals surface area contributed by atoms with Crippen LogP contribution < -0.4 is 4.90 Å². The van der Waals surface area contributed by atoms with Crippen molar-refractivity contribution >= 4 is 16.6 Å². The van der Waals surface area contributed by atoms with E-state index in [1.807, 2.05) is 24.7 Å². The molecule has 0 fully saturated rings. The summed E-state index contributed by atoms with van der Waals surface area (Å²) in [6.07, 6.45) is 5.80. The topological polar surface area (TPSA) is 34.0 Å². The fraction of sp³-hybridized carbons (Fsp3) is 0.182. The smallest absolute Gasteiger partial charge is 0.128 e. The van der Waals surface area contributed by atoms with Crippen LogP contribution in [0.3, 0.4) is 0 Å². The molecule has 2 aromatic carbocycles. The number of aryl methyl sites for hydroxylation is 1. The van der Waals surface area contributed by atoms with E-state index in [2.05, 4.69) is 81.9 Å². The molecular weight excluding hydrogens is 320 g/mol. The lowest BCUT2D eigenvalue weighted by atomic mass is 10.1. The van der Waals surface area contributed by atoms with E-state index in [0.717, 1.165) is 24.4 Å². The van der Waals surface area contributed by atoms with Crippen molar-refractivity contribution in [2.45, 2.75) is 20.0 Å². The molecule has 130 valence electrons. The van der Waals surface area contributed by atoms with Crippen LogP contribution in [-0.4, -0.2) is 21.6 Å². The van der Waals surface area contributed by atoms with Gasteiger partial charge in [-0.3, -0.25) is 4.98 Å². The van der Waals surface area contributed by atoms with Gasteiger partial charge >= 0.3 is 0 Å². The van der Waals surface area contributed by atoms with E-state index < -0.39 is 0 Å². The van der Waals surface area contributed by atoms with Crippen molar-refractivity contribution in [3.63, 3.8) is 0 Å². The lowest BCUT2D eigenvalue weighted by molar-refractivity contribution is 0.708. The Morgan fingerprint density at radius 3 is 2.65 bits per heavy atom. The molecule has 0 saturated heterocycles. The average molecular weight is 342 g/mol. The first-order chi connectivity index (χ1) is 12.7. The SMILES string of the molecule is Cc1ccc2nccc(N(C)Cc3nccn3Cc3ccccc3)c2c1. The van der Waals surface area contributed by atoms with Gasteiger partial charge in [-0.25, -0.2) is 4.98 Å². The number of hydrogen-bond donors (Lipinski definition) is 0. The molecule has 0 saturated carbocycles. The number of imidazole rings is 1. The summed E-state index contributed by atoms with van der Waals surface area (Å²) in [6, 6.07) is 18.9. The summed E-state index contributed by atoms with van der Waals surface area (Å²) in [7, 11) is 2.11. The Morgan fingerprint density at radius 1 is 0.962 bits per heavy atom. The third-order valence-electron chi connectivity index (χ3n) is 4.66. The van der Waals surface area contributed by atoms with Gasteiger partial charge in [0.25, 0.3) is 0 Å². The molecule has 0 radical (unpaired) electrons. The van der Waals surface area contributed by atoms with Gasteiger partial charge in [-0.15, -0.1) is 0 Å². The quantitative estimate of drug-likeness (QED) is 0.538. The summed E-state index contributed by atoms with van der Waals surface area (Å²) in [5.74, 6) is 1.05. The van der Waals surface area contributed by atoms with E-state index in [1.54, 1.807) is 0 Å². The molecule has 0 spiro atoms. The summed E-state index contributed by atoms with van der Waals surface area (Å²) in [5.41, 5.74) is 4.71. The standard InChI is InChI=1S/C22H22N4/c1-17-8-9-20-19(14-17)21(10-11-23-20)25(2)16-22-24-12-13-26(22)15-18-6-4-3-5-7-18/h3-14H,15-16H2,1-2H3. The van der Waals surface area contributed by atoms with Gasteiger partial charge in [0, 0.05) is 43.3 Å². The summed E-state index contributed by atoms with van der Waals surface area (Å²) in [5, 5.41) is 1.18. The summed E-state index contributed by atoms with van der Waals surface area (Å²) >= 11 is 0. The Hall–Kier alpha value is -3.14. The van der Waals surface area contributed by atoms with Crippen LogP contribution in [0.25, 0.3) is 10.9 Å². The minimum absolute atomic E-state index is 0.743. The highest BCUT2D eigenvalue weighted by atomic mass is 15.2. The van der Waals surface area contributed by atoms with Gasteiger partial charge in [0.15, 0.2) is 0 Å². The van der Waals surface area contributed by atoms with Crippen molar-refractivity contribution in [2.75, 3.05) is 11.9 Å². The molecule has 0 aliphatic heterocycles. The Bertz CT molecular complexity index is 1020. The van der Waals surface area contributed by atoms with E-state index in [0.29, 0.717) is 0 Å². The number of benzene rings is 2. The molecule has 2 aromatic heterocycles. The molecular formula is C22H22N4. The van der Waals surface area contributed by atoms with Crippen molar-refractivity contribution in [3.8, 4) is 0 Å². The van der Waals surface area contributed by atoms with Crippen molar-refractivity contribution in [3.05, 3.63) is 90.1 Å². The highest BCUT2D eigenvalue weighted by molar-refractivity contribution is 5.91. The number of fused-ring (bicyclic) bond motifs is 1. The molecule has 4 nitrogen and oxygen atoms in total. The molecule has 0 aliphatic carbocycles. The number of pyridine rings is 1. The van der Waals surface area contributed by atoms with E-state index in [4.69, 9.17) is 0 Å².